The highest BCUT2D eigenvalue weighted by atomic mass is 16.5. The summed E-state index contributed by atoms with van der Waals surface area (Å²) in [5.41, 5.74) is 7.86. The average molecular weight is 534 g/mol. The largest absolute Gasteiger partial charge is 0.504 e. The van der Waals surface area contributed by atoms with Gasteiger partial charge in [0.25, 0.3) is 0 Å². The first-order chi connectivity index (χ1) is 18.8. The number of carbonyl (C=O) groups excluding carboxylic acids is 1. The summed E-state index contributed by atoms with van der Waals surface area (Å²) in [6, 6.07) is 20.4. The quantitative estimate of drug-likeness (QED) is 0.132. The van der Waals surface area contributed by atoms with Crippen molar-refractivity contribution < 1.29 is 35.1 Å². The fourth-order valence-corrected chi connectivity index (χ4v) is 5.04. The van der Waals surface area contributed by atoms with Gasteiger partial charge in [-0.3, -0.25) is 0 Å². The Labute approximate surface area is 227 Å². The summed E-state index contributed by atoms with van der Waals surface area (Å²) in [6.07, 6.45) is 1.95. The van der Waals surface area contributed by atoms with E-state index in [0.717, 1.165) is 11.1 Å². The summed E-state index contributed by atoms with van der Waals surface area (Å²) in [6.45, 7) is -0.0000468. The van der Waals surface area contributed by atoms with Crippen LogP contribution < -0.4 is 10.5 Å². The second-order valence-corrected chi connectivity index (χ2v) is 9.96. The van der Waals surface area contributed by atoms with Gasteiger partial charge in [0.1, 0.15) is 0 Å². The highest BCUT2D eigenvalue weighted by molar-refractivity contribution is 5.91. The molecule has 0 radical (unpaired) electrons. The molecule has 3 aromatic carbocycles. The van der Waals surface area contributed by atoms with Gasteiger partial charge >= 0.3 is 5.97 Å². The maximum Gasteiger partial charge on any atom is 0.343 e. The van der Waals surface area contributed by atoms with Crippen LogP contribution >= 0.6 is 0 Å². The van der Waals surface area contributed by atoms with E-state index in [1.165, 1.54) is 18.2 Å². The number of phenolic OH excluding ortho intramolecular Hbond substituents is 1. The first-order valence-corrected chi connectivity index (χ1v) is 13.1. The lowest BCUT2D eigenvalue weighted by Crippen LogP contribution is -2.21. The van der Waals surface area contributed by atoms with Gasteiger partial charge in [0.05, 0.1) is 30.0 Å². The number of nitrogens with two attached hydrogens (primary N) is 1. The topological polar surface area (TPSA) is 153 Å². The van der Waals surface area contributed by atoms with Crippen molar-refractivity contribution in [2.45, 2.75) is 43.7 Å². The molecule has 4 unspecified atom stereocenters. The Kier molecular flexibility index (Phi) is 9.50. The molecule has 1 saturated carbocycles. The Balaban J connectivity index is 1.35. The molecule has 8 heteroatoms. The predicted octanol–water partition coefficient (Wildman–Crippen LogP) is 3.18. The van der Waals surface area contributed by atoms with Crippen molar-refractivity contribution in [2.24, 2.45) is 17.6 Å². The van der Waals surface area contributed by atoms with Gasteiger partial charge in [0, 0.05) is 18.9 Å². The van der Waals surface area contributed by atoms with E-state index in [4.69, 9.17) is 10.5 Å². The van der Waals surface area contributed by atoms with Crippen LogP contribution in [0.25, 0.3) is 0 Å². The number of hydrogen-bond acceptors (Lipinski definition) is 8. The van der Waals surface area contributed by atoms with Gasteiger partial charge in [-0.1, -0.05) is 60.7 Å². The summed E-state index contributed by atoms with van der Waals surface area (Å²) in [7, 11) is 0. The van der Waals surface area contributed by atoms with Crippen LogP contribution in [0.1, 0.15) is 52.1 Å². The third-order valence-electron chi connectivity index (χ3n) is 7.32. The average Bonchev–Trinajstić information content (AvgIpc) is 3.23. The minimum absolute atomic E-state index is 0.0000468. The number of ether oxygens (including phenoxy) is 1. The molecule has 0 saturated heterocycles. The standard InChI is InChI=1S/C31H35NO7/c32-18-29(37)22-11-15-30(28(36)16-22)39-31(38)21-9-6-19(7-10-21)8-12-23-24(27(35)17-26(23)34)13-14-25(33)20-4-2-1-3-5-20/h1-7,9-11,13-16,23-27,29,33-37H,8,12,17-18,32H2/t23-,24-,25?,26?,27?,29?/m1/s1. The zero-order valence-electron chi connectivity index (χ0n) is 21.5. The van der Waals surface area contributed by atoms with E-state index < -0.39 is 30.4 Å². The minimum Gasteiger partial charge on any atom is -0.504 e. The molecular formula is C31H35NO7. The van der Waals surface area contributed by atoms with Crippen molar-refractivity contribution in [1.29, 1.82) is 0 Å². The molecule has 1 fully saturated rings. The highest BCUT2D eigenvalue weighted by Gasteiger charge is 2.39. The maximum absolute atomic E-state index is 12.6. The molecule has 0 aliphatic heterocycles. The zero-order chi connectivity index (χ0) is 27.9. The van der Waals surface area contributed by atoms with Crippen molar-refractivity contribution in [1.82, 2.24) is 0 Å². The normalized spacial score (nSPS) is 22.6. The van der Waals surface area contributed by atoms with Crippen LogP contribution in [-0.2, 0) is 6.42 Å². The molecular weight excluding hydrogens is 498 g/mol. The molecule has 0 heterocycles. The monoisotopic (exact) mass is 533 g/mol. The Hall–Kier alpha value is -3.53. The number of aromatic hydroxyl groups is 1. The molecule has 1 aliphatic carbocycles. The highest BCUT2D eigenvalue weighted by Crippen LogP contribution is 2.37. The van der Waals surface area contributed by atoms with Crippen LogP contribution in [0.3, 0.4) is 0 Å². The smallest absolute Gasteiger partial charge is 0.343 e. The van der Waals surface area contributed by atoms with E-state index in [1.54, 1.807) is 36.4 Å². The SMILES string of the molecule is NCC(O)c1ccc(OC(=O)c2ccc(CC[C@H]3C(O)CC(O)[C@@H]3C=CC(O)c3ccccc3)cc2)c(O)c1. The minimum atomic E-state index is -0.922. The van der Waals surface area contributed by atoms with Crippen molar-refractivity contribution in [3.05, 3.63) is 107 Å². The Morgan fingerprint density at radius 3 is 2.36 bits per heavy atom. The van der Waals surface area contributed by atoms with E-state index >= 15 is 0 Å². The third kappa shape index (κ3) is 7.11. The van der Waals surface area contributed by atoms with Crippen molar-refractivity contribution in [3.63, 3.8) is 0 Å². The first kappa shape index (κ1) is 28.5. The number of benzene rings is 3. The van der Waals surface area contributed by atoms with Gasteiger partial charge in [-0.25, -0.2) is 4.79 Å². The van der Waals surface area contributed by atoms with Gasteiger partial charge in [0.2, 0.25) is 0 Å². The van der Waals surface area contributed by atoms with Crippen LogP contribution in [0.4, 0.5) is 0 Å². The second-order valence-electron chi connectivity index (χ2n) is 9.96. The van der Waals surface area contributed by atoms with E-state index in [1.807, 2.05) is 30.3 Å². The summed E-state index contributed by atoms with van der Waals surface area (Å²) in [5.74, 6) is -1.39. The van der Waals surface area contributed by atoms with E-state index in [9.17, 15) is 30.3 Å². The number of rotatable bonds is 10. The van der Waals surface area contributed by atoms with E-state index in [-0.39, 0.29) is 36.3 Å². The number of hydrogen-bond donors (Lipinski definition) is 6. The molecule has 3 aromatic rings. The number of aryl methyl sites for hydroxylation is 1. The molecule has 8 nitrogen and oxygen atoms in total. The Bertz CT molecular complexity index is 1260. The molecule has 0 aromatic heterocycles. The van der Waals surface area contributed by atoms with Gasteiger partial charge in [-0.15, -0.1) is 0 Å². The van der Waals surface area contributed by atoms with E-state index in [2.05, 4.69) is 0 Å². The number of aliphatic hydroxyl groups excluding tert-OH is 4. The van der Waals surface area contributed by atoms with Crippen LogP contribution in [0.15, 0.2) is 84.9 Å². The summed E-state index contributed by atoms with van der Waals surface area (Å²) in [4.78, 5) is 12.6. The van der Waals surface area contributed by atoms with Crippen molar-refractivity contribution in [3.8, 4) is 11.5 Å². The maximum atomic E-state index is 12.6. The molecule has 7 N–H and O–H groups in total. The predicted molar refractivity (Wildman–Crippen MR) is 146 cm³/mol. The number of carbonyl (C=O) groups is 1. The number of phenols is 1. The number of esters is 1. The van der Waals surface area contributed by atoms with E-state index in [0.29, 0.717) is 24.0 Å². The van der Waals surface area contributed by atoms with Crippen LogP contribution in [0, 0.1) is 11.8 Å². The summed E-state index contributed by atoms with van der Waals surface area (Å²) in [5, 5.41) is 51.5. The molecule has 39 heavy (non-hydrogen) atoms. The van der Waals surface area contributed by atoms with Gasteiger partial charge in [-0.05, 0) is 59.7 Å². The summed E-state index contributed by atoms with van der Waals surface area (Å²) >= 11 is 0. The molecule has 0 spiro atoms. The lowest BCUT2D eigenvalue weighted by atomic mass is 9.87. The molecule has 0 amide bonds. The third-order valence-corrected chi connectivity index (χ3v) is 7.32. The fraction of sp³-hybridized carbons (Fsp3) is 0.323. The van der Waals surface area contributed by atoms with Gasteiger partial charge in [0.15, 0.2) is 11.5 Å². The van der Waals surface area contributed by atoms with Gasteiger partial charge < -0.3 is 36.0 Å². The van der Waals surface area contributed by atoms with Gasteiger partial charge in [-0.2, -0.15) is 0 Å². The van der Waals surface area contributed by atoms with Crippen molar-refractivity contribution >= 4 is 5.97 Å². The fourth-order valence-electron chi connectivity index (χ4n) is 5.04. The zero-order valence-corrected chi connectivity index (χ0v) is 21.5. The molecule has 206 valence electrons. The van der Waals surface area contributed by atoms with Crippen LogP contribution in [-0.4, -0.2) is 50.3 Å². The Morgan fingerprint density at radius 2 is 1.69 bits per heavy atom. The first-order valence-electron chi connectivity index (χ1n) is 13.1. The molecule has 1 aliphatic rings. The number of aliphatic hydroxyl groups is 4. The lowest BCUT2D eigenvalue weighted by molar-refractivity contribution is 0.0729. The second kappa shape index (κ2) is 13.0. The Morgan fingerprint density at radius 1 is 0.974 bits per heavy atom. The molecule has 0 bridgehead atoms. The molecule has 4 rings (SSSR count). The lowest BCUT2D eigenvalue weighted by Gasteiger charge is -2.21. The van der Waals surface area contributed by atoms with Crippen LogP contribution in [0.2, 0.25) is 0 Å². The molecule has 6 atom stereocenters. The van der Waals surface area contributed by atoms with Crippen molar-refractivity contribution in [2.75, 3.05) is 6.54 Å². The van der Waals surface area contributed by atoms with Crippen LogP contribution in [0.5, 0.6) is 11.5 Å². The summed E-state index contributed by atoms with van der Waals surface area (Å²) < 4.78 is 5.31.